The van der Waals surface area contributed by atoms with Crippen LogP contribution in [0.4, 0.5) is 4.39 Å². The molecular weight excluding hydrogens is 355 g/mol. The lowest BCUT2D eigenvalue weighted by Crippen LogP contribution is -2.20. The number of thiazole rings is 1. The molecule has 0 fully saturated rings. The van der Waals surface area contributed by atoms with Gasteiger partial charge in [0.25, 0.3) is 5.91 Å². The van der Waals surface area contributed by atoms with E-state index < -0.39 is 5.91 Å². The predicted octanol–water partition coefficient (Wildman–Crippen LogP) is 3.40. The highest BCUT2D eigenvalue weighted by molar-refractivity contribution is 7.16. The first-order valence-corrected chi connectivity index (χ1v) is 9.32. The third-order valence-corrected chi connectivity index (χ3v) is 4.91. The molecule has 138 valence electrons. The fraction of sp³-hybridized carbons (Fsp3) is 0.389. The summed E-state index contributed by atoms with van der Waals surface area (Å²) in [4.78, 5) is 17.2. The number of fused-ring (bicyclic) bond motifs is 1. The summed E-state index contributed by atoms with van der Waals surface area (Å²) < 4.78 is 23.9. The Morgan fingerprint density at radius 3 is 2.88 bits per heavy atom. The van der Waals surface area contributed by atoms with Crippen molar-refractivity contribution < 1.29 is 13.9 Å². The van der Waals surface area contributed by atoms with Crippen molar-refractivity contribution in [3.05, 3.63) is 46.8 Å². The average molecular weight is 376 g/mol. The van der Waals surface area contributed by atoms with Gasteiger partial charge in [-0.05, 0) is 39.0 Å². The molecule has 1 amide bonds. The number of benzene rings is 1. The van der Waals surface area contributed by atoms with E-state index in [-0.39, 0.29) is 17.6 Å². The van der Waals surface area contributed by atoms with E-state index in [0.29, 0.717) is 30.1 Å². The van der Waals surface area contributed by atoms with Crippen molar-refractivity contribution >= 4 is 27.5 Å². The molecule has 8 heteroatoms. The first kappa shape index (κ1) is 18.5. The average Bonchev–Trinajstić information content (AvgIpc) is 3.21. The van der Waals surface area contributed by atoms with Crippen molar-refractivity contribution in [2.45, 2.75) is 33.4 Å². The van der Waals surface area contributed by atoms with Gasteiger partial charge in [-0.3, -0.25) is 9.48 Å². The smallest absolute Gasteiger partial charge is 0.300 e. The number of ether oxygens (including phenoxy) is 1. The van der Waals surface area contributed by atoms with Crippen LogP contribution in [0.5, 0.6) is 0 Å². The zero-order valence-electron chi connectivity index (χ0n) is 15.0. The molecule has 2 aromatic heterocycles. The normalized spacial score (nSPS) is 12.4. The molecule has 0 N–H and O–H groups in total. The number of carbonyl (C=O) groups excluding carboxylic acids is 1. The minimum absolute atomic E-state index is 0.158. The third kappa shape index (κ3) is 3.76. The Labute approximate surface area is 154 Å². The molecule has 0 aliphatic rings. The lowest BCUT2D eigenvalue weighted by Gasteiger charge is -2.06. The summed E-state index contributed by atoms with van der Waals surface area (Å²) in [5, 5.41) is 4.25. The van der Waals surface area contributed by atoms with Gasteiger partial charge in [0.2, 0.25) is 0 Å². The van der Waals surface area contributed by atoms with Crippen LogP contribution in [0.2, 0.25) is 0 Å². The minimum Gasteiger partial charge on any atom is -0.380 e. The molecule has 0 spiro atoms. The van der Waals surface area contributed by atoms with Gasteiger partial charge in [-0.25, -0.2) is 4.39 Å². The maximum absolute atomic E-state index is 14.3. The van der Waals surface area contributed by atoms with Crippen LogP contribution in [0, 0.1) is 5.82 Å². The number of hydrogen-bond donors (Lipinski definition) is 0. The van der Waals surface area contributed by atoms with Crippen LogP contribution in [0.1, 0.15) is 37.3 Å². The SMILES string of the molecule is CCOCCn1c(=NC(=O)c2ccn(C(C)C)n2)sc2cccc(F)c21. The number of nitrogens with zero attached hydrogens (tertiary/aromatic N) is 4. The molecule has 0 saturated heterocycles. The molecule has 0 aliphatic carbocycles. The number of aromatic nitrogens is 3. The summed E-state index contributed by atoms with van der Waals surface area (Å²) in [6.07, 6.45) is 1.75. The summed E-state index contributed by atoms with van der Waals surface area (Å²) in [5.41, 5.74) is 0.712. The van der Waals surface area contributed by atoms with Crippen molar-refractivity contribution in [2.75, 3.05) is 13.2 Å². The van der Waals surface area contributed by atoms with Gasteiger partial charge in [0.1, 0.15) is 5.82 Å². The van der Waals surface area contributed by atoms with Crippen molar-refractivity contribution in [1.82, 2.24) is 14.3 Å². The van der Waals surface area contributed by atoms with E-state index in [9.17, 15) is 9.18 Å². The molecule has 0 aliphatic heterocycles. The van der Waals surface area contributed by atoms with Gasteiger partial charge < -0.3 is 9.30 Å². The van der Waals surface area contributed by atoms with Gasteiger partial charge in [0.15, 0.2) is 10.5 Å². The Morgan fingerprint density at radius 1 is 1.38 bits per heavy atom. The number of para-hydroxylation sites is 1. The maximum atomic E-state index is 14.3. The highest BCUT2D eigenvalue weighted by atomic mass is 32.1. The van der Waals surface area contributed by atoms with E-state index in [1.807, 2.05) is 26.8 Å². The first-order chi connectivity index (χ1) is 12.5. The molecule has 2 heterocycles. The Morgan fingerprint density at radius 2 is 2.19 bits per heavy atom. The number of hydrogen-bond acceptors (Lipinski definition) is 4. The molecule has 0 atom stereocenters. The van der Waals surface area contributed by atoms with Gasteiger partial charge in [0, 0.05) is 25.4 Å². The van der Waals surface area contributed by atoms with Gasteiger partial charge in [-0.15, -0.1) is 0 Å². The summed E-state index contributed by atoms with van der Waals surface area (Å²) in [6, 6.07) is 6.67. The first-order valence-electron chi connectivity index (χ1n) is 8.51. The van der Waals surface area contributed by atoms with Crippen LogP contribution in [0.25, 0.3) is 10.2 Å². The molecule has 0 bridgehead atoms. The fourth-order valence-electron chi connectivity index (χ4n) is 2.56. The molecule has 1 aromatic carbocycles. The van der Waals surface area contributed by atoms with Gasteiger partial charge in [-0.1, -0.05) is 17.4 Å². The van der Waals surface area contributed by atoms with E-state index in [4.69, 9.17) is 4.74 Å². The van der Waals surface area contributed by atoms with Crippen LogP contribution in [-0.4, -0.2) is 33.5 Å². The van der Waals surface area contributed by atoms with Crippen LogP contribution < -0.4 is 4.80 Å². The predicted molar refractivity (Wildman–Crippen MR) is 98.8 cm³/mol. The van der Waals surface area contributed by atoms with E-state index in [1.165, 1.54) is 17.4 Å². The summed E-state index contributed by atoms with van der Waals surface area (Å²) in [5.74, 6) is -0.783. The Kier molecular flexibility index (Phi) is 5.63. The Bertz CT molecular complexity index is 987. The number of halogens is 1. The molecule has 3 aromatic rings. The van der Waals surface area contributed by atoms with Crippen LogP contribution in [0.15, 0.2) is 35.5 Å². The highest BCUT2D eigenvalue weighted by Gasteiger charge is 2.14. The second-order valence-corrected chi connectivity index (χ2v) is 7.02. The molecular formula is C18H21FN4O2S. The van der Waals surface area contributed by atoms with Crippen molar-refractivity contribution in [1.29, 1.82) is 0 Å². The fourth-order valence-corrected chi connectivity index (χ4v) is 3.63. The number of carbonyl (C=O) groups is 1. The summed E-state index contributed by atoms with van der Waals surface area (Å²) in [7, 11) is 0. The molecule has 0 radical (unpaired) electrons. The van der Waals surface area contributed by atoms with Crippen LogP contribution in [0.3, 0.4) is 0 Å². The minimum atomic E-state index is -0.443. The second-order valence-electron chi connectivity index (χ2n) is 6.01. The molecule has 3 rings (SSSR count). The third-order valence-electron chi connectivity index (χ3n) is 3.87. The molecule has 26 heavy (non-hydrogen) atoms. The Balaban J connectivity index is 2.04. The second kappa shape index (κ2) is 7.92. The van der Waals surface area contributed by atoms with E-state index in [0.717, 1.165) is 4.70 Å². The van der Waals surface area contributed by atoms with E-state index in [2.05, 4.69) is 10.1 Å². The van der Waals surface area contributed by atoms with Crippen molar-refractivity contribution in [2.24, 2.45) is 4.99 Å². The lowest BCUT2D eigenvalue weighted by molar-refractivity contribution is 0.0991. The van der Waals surface area contributed by atoms with E-state index in [1.54, 1.807) is 27.6 Å². The monoisotopic (exact) mass is 376 g/mol. The summed E-state index contributed by atoms with van der Waals surface area (Å²) in [6.45, 7) is 7.27. The quantitative estimate of drug-likeness (QED) is 0.620. The summed E-state index contributed by atoms with van der Waals surface area (Å²) >= 11 is 1.28. The van der Waals surface area contributed by atoms with Gasteiger partial charge >= 0.3 is 0 Å². The van der Waals surface area contributed by atoms with Gasteiger partial charge in [0.05, 0.1) is 16.8 Å². The Hall–Kier alpha value is -2.32. The van der Waals surface area contributed by atoms with Gasteiger partial charge in [-0.2, -0.15) is 10.1 Å². The standard InChI is InChI=1S/C18H21FN4O2S/c1-4-25-11-10-22-16-13(19)6-5-7-15(16)26-18(22)20-17(24)14-8-9-23(21-14)12(2)3/h5-9,12H,4,10-11H2,1-3H3. The molecule has 0 unspecified atom stereocenters. The highest BCUT2D eigenvalue weighted by Crippen LogP contribution is 2.20. The van der Waals surface area contributed by atoms with E-state index >= 15 is 0 Å². The number of amides is 1. The molecule has 0 saturated carbocycles. The maximum Gasteiger partial charge on any atom is 0.300 e. The largest absolute Gasteiger partial charge is 0.380 e. The molecule has 6 nitrogen and oxygen atoms in total. The van der Waals surface area contributed by atoms with Crippen molar-refractivity contribution in [3.63, 3.8) is 0 Å². The zero-order valence-corrected chi connectivity index (χ0v) is 15.8. The lowest BCUT2D eigenvalue weighted by atomic mass is 10.3. The number of rotatable bonds is 6. The van der Waals surface area contributed by atoms with Crippen LogP contribution in [-0.2, 0) is 11.3 Å². The van der Waals surface area contributed by atoms with Crippen LogP contribution >= 0.6 is 11.3 Å². The zero-order chi connectivity index (χ0) is 18.7. The topological polar surface area (TPSA) is 61.4 Å². The van der Waals surface area contributed by atoms with Crippen molar-refractivity contribution in [3.8, 4) is 0 Å².